The second-order valence-corrected chi connectivity index (χ2v) is 6.37. The second kappa shape index (κ2) is 5.04. The van der Waals surface area contributed by atoms with Crippen molar-refractivity contribution < 1.29 is 0 Å². The number of thiazole rings is 1. The molecule has 1 saturated carbocycles. The fraction of sp³-hybridized carbons (Fsp3) is 0.769. The summed E-state index contributed by atoms with van der Waals surface area (Å²) in [6.45, 7) is 5.56. The predicted octanol–water partition coefficient (Wildman–Crippen LogP) is 2.17. The molecule has 1 N–H and O–H groups in total. The Morgan fingerprint density at radius 1 is 1.47 bits per heavy atom. The largest absolute Gasteiger partial charge is 0.313 e. The lowest BCUT2D eigenvalue weighted by Crippen LogP contribution is -2.38. The van der Waals surface area contributed by atoms with Crippen LogP contribution in [0.2, 0.25) is 0 Å². The Balaban J connectivity index is 1.59. The SMILES string of the molecule is Cc1nc(CN(CC2CCCN2)C2CC2)cs1. The molecule has 3 rings (SSSR count). The third-order valence-corrected chi connectivity index (χ3v) is 4.53. The van der Waals surface area contributed by atoms with E-state index in [1.54, 1.807) is 11.3 Å². The van der Waals surface area contributed by atoms with Gasteiger partial charge in [-0.05, 0) is 39.2 Å². The molecule has 0 bridgehead atoms. The van der Waals surface area contributed by atoms with Crippen molar-refractivity contribution >= 4 is 11.3 Å². The maximum atomic E-state index is 4.59. The first-order chi connectivity index (χ1) is 8.31. The normalized spacial score (nSPS) is 24.7. The van der Waals surface area contributed by atoms with Crippen LogP contribution < -0.4 is 5.32 Å². The summed E-state index contributed by atoms with van der Waals surface area (Å²) in [5.41, 5.74) is 1.26. The van der Waals surface area contributed by atoms with Gasteiger partial charge in [0.15, 0.2) is 0 Å². The van der Waals surface area contributed by atoms with Gasteiger partial charge < -0.3 is 5.32 Å². The Hall–Kier alpha value is -0.450. The first-order valence-electron chi connectivity index (χ1n) is 6.70. The average Bonchev–Trinajstić information content (AvgIpc) is 2.89. The summed E-state index contributed by atoms with van der Waals surface area (Å²) in [6.07, 6.45) is 5.46. The van der Waals surface area contributed by atoms with Crippen LogP contribution >= 0.6 is 11.3 Å². The molecular formula is C13H21N3S. The summed E-state index contributed by atoms with van der Waals surface area (Å²) in [5, 5.41) is 7.01. The van der Waals surface area contributed by atoms with E-state index in [1.807, 2.05) is 0 Å². The minimum Gasteiger partial charge on any atom is -0.313 e. The maximum Gasteiger partial charge on any atom is 0.0897 e. The lowest BCUT2D eigenvalue weighted by molar-refractivity contribution is 0.229. The van der Waals surface area contributed by atoms with Crippen LogP contribution in [-0.4, -0.2) is 35.1 Å². The average molecular weight is 251 g/mol. The quantitative estimate of drug-likeness (QED) is 0.869. The monoisotopic (exact) mass is 251 g/mol. The Bertz CT molecular complexity index is 366. The molecule has 1 unspecified atom stereocenters. The van der Waals surface area contributed by atoms with Gasteiger partial charge in [0.25, 0.3) is 0 Å². The molecule has 94 valence electrons. The van der Waals surface area contributed by atoms with E-state index in [0.717, 1.165) is 18.6 Å². The fourth-order valence-corrected chi connectivity index (χ4v) is 3.27. The van der Waals surface area contributed by atoms with E-state index in [4.69, 9.17) is 0 Å². The smallest absolute Gasteiger partial charge is 0.0897 e. The van der Waals surface area contributed by atoms with Gasteiger partial charge in [0, 0.05) is 30.6 Å². The molecule has 0 aromatic carbocycles. The van der Waals surface area contributed by atoms with E-state index in [1.165, 1.54) is 49.5 Å². The second-order valence-electron chi connectivity index (χ2n) is 5.31. The van der Waals surface area contributed by atoms with Gasteiger partial charge in [-0.2, -0.15) is 0 Å². The number of rotatable bonds is 5. The van der Waals surface area contributed by atoms with Gasteiger partial charge in [-0.15, -0.1) is 11.3 Å². The minimum absolute atomic E-state index is 0.718. The fourth-order valence-electron chi connectivity index (χ4n) is 2.67. The molecule has 3 nitrogen and oxygen atoms in total. The van der Waals surface area contributed by atoms with Crippen molar-refractivity contribution in [2.45, 2.75) is 51.2 Å². The molecule has 1 aromatic rings. The zero-order valence-corrected chi connectivity index (χ0v) is 11.3. The van der Waals surface area contributed by atoms with E-state index in [2.05, 4.69) is 27.5 Å². The molecule has 1 atom stereocenters. The van der Waals surface area contributed by atoms with Gasteiger partial charge in [-0.25, -0.2) is 4.98 Å². The highest BCUT2D eigenvalue weighted by Gasteiger charge is 2.31. The molecule has 2 fully saturated rings. The summed E-state index contributed by atoms with van der Waals surface area (Å²) in [7, 11) is 0. The van der Waals surface area contributed by atoms with Crippen molar-refractivity contribution in [2.75, 3.05) is 13.1 Å². The summed E-state index contributed by atoms with van der Waals surface area (Å²) in [6, 6.07) is 1.55. The third-order valence-electron chi connectivity index (χ3n) is 3.71. The molecule has 2 heterocycles. The molecule has 1 saturated heterocycles. The standard InChI is InChI=1S/C13H21N3S/c1-10-15-12(9-17-10)8-16(13-4-5-13)7-11-3-2-6-14-11/h9,11,13-14H,2-8H2,1H3. The number of aryl methyl sites for hydroxylation is 1. The minimum atomic E-state index is 0.718. The molecule has 2 aliphatic rings. The van der Waals surface area contributed by atoms with Gasteiger partial charge in [0.05, 0.1) is 10.7 Å². The molecule has 0 spiro atoms. The summed E-state index contributed by atoms with van der Waals surface area (Å²) in [5.74, 6) is 0. The molecular weight excluding hydrogens is 230 g/mol. The van der Waals surface area contributed by atoms with Crippen LogP contribution in [0.4, 0.5) is 0 Å². The van der Waals surface area contributed by atoms with Crippen molar-refractivity contribution in [1.29, 1.82) is 0 Å². The summed E-state index contributed by atoms with van der Waals surface area (Å²) >= 11 is 1.77. The highest BCUT2D eigenvalue weighted by atomic mass is 32.1. The van der Waals surface area contributed by atoms with E-state index in [0.29, 0.717) is 0 Å². The van der Waals surface area contributed by atoms with Gasteiger partial charge in [0.1, 0.15) is 0 Å². The van der Waals surface area contributed by atoms with Gasteiger partial charge in [-0.3, -0.25) is 4.90 Å². The zero-order chi connectivity index (χ0) is 11.7. The zero-order valence-electron chi connectivity index (χ0n) is 10.5. The summed E-state index contributed by atoms with van der Waals surface area (Å²) < 4.78 is 0. The Kier molecular flexibility index (Phi) is 3.45. The van der Waals surface area contributed by atoms with Crippen LogP contribution in [0.25, 0.3) is 0 Å². The van der Waals surface area contributed by atoms with Crippen molar-refractivity contribution in [2.24, 2.45) is 0 Å². The molecule has 0 amide bonds. The molecule has 1 aromatic heterocycles. The van der Waals surface area contributed by atoms with Crippen LogP contribution in [0.15, 0.2) is 5.38 Å². The van der Waals surface area contributed by atoms with Crippen molar-refractivity contribution in [3.8, 4) is 0 Å². The molecule has 4 heteroatoms. The van der Waals surface area contributed by atoms with Gasteiger partial charge in [-0.1, -0.05) is 0 Å². The van der Waals surface area contributed by atoms with Crippen molar-refractivity contribution in [1.82, 2.24) is 15.2 Å². The lowest BCUT2D eigenvalue weighted by Gasteiger charge is -2.24. The van der Waals surface area contributed by atoms with Crippen molar-refractivity contribution in [3.05, 3.63) is 16.1 Å². The van der Waals surface area contributed by atoms with Crippen LogP contribution in [0.5, 0.6) is 0 Å². The van der Waals surface area contributed by atoms with E-state index < -0.39 is 0 Å². The van der Waals surface area contributed by atoms with Gasteiger partial charge in [0.2, 0.25) is 0 Å². The lowest BCUT2D eigenvalue weighted by atomic mass is 10.2. The van der Waals surface area contributed by atoms with Crippen LogP contribution in [0.1, 0.15) is 36.4 Å². The highest BCUT2D eigenvalue weighted by molar-refractivity contribution is 7.09. The maximum absolute atomic E-state index is 4.59. The van der Waals surface area contributed by atoms with Crippen LogP contribution in [0.3, 0.4) is 0 Å². The van der Waals surface area contributed by atoms with Crippen molar-refractivity contribution in [3.63, 3.8) is 0 Å². The molecule has 17 heavy (non-hydrogen) atoms. The Labute approximate surface area is 107 Å². The first kappa shape index (κ1) is 11.6. The van der Waals surface area contributed by atoms with E-state index in [9.17, 15) is 0 Å². The van der Waals surface area contributed by atoms with Crippen LogP contribution in [0, 0.1) is 6.92 Å². The molecule has 0 radical (unpaired) electrons. The van der Waals surface area contributed by atoms with E-state index >= 15 is 0 Å². The Morgan fingerprint density at radius 2 is 2.35 bits per heavy atom. The number of hydrogen-bond donors (Lipinski definition) is 1. The number of aromatic nitrogens is 1. The molecule has 1 aliphatic heterocycles. The van der Waals surface area contributed by atoms with E-state index in [-0.39, 0.29) is 0 Å². The Morgan fingerprint density at radius 3 is 2.94 bits per heavy atom. The highest BCUT2D eigenvalue weighted by Crippen LogP contribution is 2.29. The summed E-state index contributed by atoms with van der Waals surface area (Å²) in [4.78, 5) is 7.23. The molecule has 1 aliphatic carbocycles. The topological polar surface area (TPSA) is 28.2 Å². The number of hydrogen-bond acceptors (Lipinski definition) is 4. The first-order valence-corrected chi connectivity index (χ1v) is 7.57. The van der Waals surface area contributed by atoms with Crippen LogP contribution in [-0.2, 0) is 6.54 Å². The van der Waals surface area contributed by atoms with Gasteiger partial charge >= 0.3 is 0 Å². The predicted molar refractivity (Wildman–Crippen MR) is 71.3 cm³/mol. The number of nitrogens with one attached hydrogen (secondary N) is 1. The number of nitrogens with zero attached hydrogens (tertiary/aromatic N) is 2. The third kappa shape index (κ3) is 3.06.